The lowest BCUT2D eigenvalue weighted by Crippen LogP contribution is -2.00. The topological polar surface area (TPSA) is 127 Å². The second-order valence-corrected chi connectivity index (χ2v) is 5.84. The Kier molecular flexibility index (Phi) is 7.61. The van der Waals surface area contributed by atoms with Gasteiger partial charge < -0.3 is 29.6 Å². The van der Waals surface area contributed by atoms with Gasteiger partial charge in [0.1, 0.15) is 11.5 Å². The standard InChI is InChI=1S/C20H20N4O6/c25-19-15-3-1-4-16(19)12-22-28-8-10-30-24-14-18-6-2-5-17(20(18)26)13-23-29-9-7-27-21-11-15/h1-6,11-14,25-26H,7-10H2/b21-11-,22-12+,23-13+,24-14+. The molecule has 0 aromatic heterocycles. The first-order valence-corrected chi connectivity index (χ1v) is 9.01. The second-order valence-electron chi connectivity index (χ2n) is 5.84. The van der Waals surface area contributed by atoms with E-state index >= 15 is 0 Å². The zero-order valence-electron chi connectivity index (χ0n) is 15.9. The molecule has 1 aliphatic rings. The van der Waals surface area contributed by atoms with Gasteiger partial charge in [0.2, 0.25) is 0 Å². The molecule has 156 valence electrons. The van der Waals surface area contributed by atoms with E-state index in [1.807, 2.05) is 0 Å². The van der Waals surface area contributed by atoms with E-state index in [-0.39, 0.29) is 37.9 Å². The van der Waals surface area contributed by atoms with Crippen LogP contribution in [0.5, 0.6) is 11.5 Å². The Morgan fingerprint density at radius 3 is 1.03 bits per heavy atom. The summed E-state index contributed by atoms with van der Waals surface area (Å²) in [5, 5.41) is 35.7. The lowest BCUT2D eigenvalue weighted by molar-refractivity contribution is 0.0552. The summed E-state index contributed by atoms with van der Waals surface area (Å²) in [5.74, 6) is -0.0241. The van der Waals surface area contributed by atoms with Gasteiger partial charge in [-0.25, -0.2) is 0 Å². The number of nitrogens with zero attached hydrogens (tertiary/aromatic N) is 4. The number of hydrogen-bond acceptors (Lipinski definition) is 10. The van der Waals surface area contributed by atoms with Gasteiger partial charge in [-0.05, 0) is 24.3 Å². The monoisotopic (exact) mass is 412 g/mol. The number of benzene rings is 2. The Hall–Kier alpha value is -4.08. The van der Waals surface area contributed by atoms with Crippen molar-refractivity contribution in [3.63, 3.8) is 0 Å². The average molecular weight is 412 g/mol. The number of para-hydroxylation sites is 2. The number of fused-ring (bicyclic) bond motifs is 4. The average Bonchev–Trinajstić information content (AvgIpc) is 2.75. The molecular formula is C20H20N4O6. The highest BCUT2D eigenvalue weighted by atomic mass is 16.7. The second kappa shape index (κ2) is 11.1. The van der Waals surface area contributed by atoms with Crippen LogP contribution in [0.3, 0.4) is 0 Å². The molecule has 2 N–H and O–H groups in total. The van der Waals surface area contributed by atoms with Gasteiger partial charge in [-0.3, -0.25) is 0 Å². The molecule has 10 heteroatoms. The largest absolute Gasteiger partial charge is 0.507 e. The van der Waals surface area contributed by atoms with Crippen LogP contribution < -0.4 is 0 Å². The summed E-state index contributed by atoms with van der Waals surface area (Å²) in [4.78, 5) is 20.3. The Morgan fingerprint density at radius 1 is 0.500 bits per heavy atom. The molecule has 0 saturated carbocycles. The minimum absolute atomic E-state index is 0.0120. The van der Waals surface area contributed by atoms with Crippen LogP contribution in [0.2, 0.25) is 0 Å². The fraction of sp³-hybridized carbons (Fsp3) is 0.200. The molecule has 1 aliphatic heterocycles. The summed E-state index contributed by atoms with van der Waals surface area (Å²) in [6.07, 6.45) is 5.49. The van der Waals surface area contributed by atoms with Gasteiger partial charge in [0, 0.05) is 22.3 Å². The van der Waals surface area contributed by atoms with Crippen molar-refractivity contribution in [2.75, 3.05) is 26.4 Å². The normalized spacial score (nSPS) is 19.2. The van der Waals surface area contributed by atoms with Crippen molar-refractivity contribution >= 4 is 24.9 Å². The molecule has 0 saturated heterocycles. The smallest absolute Gasteiger partial charge is 0.153 e. The third-order valence-corrected chi connectivity index (χ3v) is 3.79. The van der Waals surface area contributed by atoms with Crippen molar-refractivity contribution in [2.45, 2.75) is 0 Å². The lowest BCUT2D eigenvalue weighted by atomic mass is 10.1. The maximum absolute atomic E-state index is 10.3. The summed E-state index contributed by atoms with van der Waals surface area (Å²) < 4.78 is 0. The quantitative estimate of drug-likeness (QED) is 0.683. The summed E-state index contributed by atoms with van der Waals surface area (Å²) in [7, 11) is 0. The molecule has 2 aromatic rings. The highest BCUT2D eigenvalue weighted by Crippen LogP contribution is 2.20. The maximum atomic E-state index is 10.3. The predicted octanol–water partition coefficient (Wildman–Crippen LogP) is 2.21. The summed E-state index contributed by atoms with van der Waals surface area (Å²) in [6.45, 7) is 0.554. The number of hydrogen-bond donors (Lipinski definition) is 2. The van der Waals surface area contributed by atoms with Crippen LogP contribution >= 0.6 is 0 Å². The third-order valence-electron chi connectivity index (χ3n) is 3.79. The van der Waals surface area contributed by atoms with E-state index in [1.165, 1.54) is 24.9 Å². The van der Waals surface area contributed by atoms with Gasteiger partial charge in [0.15, 0.2) is 26.4 Å². The molecule has 4 bridgehead atoms. The van der Waals surface area contributed by atoms with Crippen molar-refractivity contribution in [3.8, 4) is 11.5 Å². The molecular weight excluding hydrogens is 392 g/mol. The van der Waals surface area contributed by atoms with Crippen LogP contribution in [0.25, 0.3) is 0 Å². The van der Waals surface area contributed by atoms with Crippen molar-refractivity contribution in [2.24, 2.45) is 20.6 Å². The highest BCUT2D eigenvalue weighted by molar-refractivity contribution is 5.92. The SMILES string of the molecule is Oc1c2cccc1/C=N/OCCO/N=C/c1cccc(c1O)/C=N/OCCO/N=C\2. The van der Waals surface area contributed by atoms with Crippen molar-refractivity contribution in [3.05, 3.63) is 58.7 Å². The van der Waals surface area contributed by atoms with Crippen LogP contribution in [0.1, 0.15) is 22.3 Å². The Balaban J connectivity index is 1.71. The van der Waals surface area contributed by atoms with Crippen molar-refractivity contribution < 1.29 is 29.6 Å². The molecule has 0 fully saturated rings. The molecule has 30 heavy (non-hydrogen) atoms. The molecule has 3 rings (SSSR count). The van der Waals surface area contributed by atoms with E-state index in [2.05, 4.69) is 20.6 Å². The van der Waals surface area contributed by atoms with Crippen molar-refractivity contribution in [1.82, 2.24) is 0 Å². The van der Waals surface area contributed by atoms with E-state index in [4.69, 9.17) is 19.4 Å². The van der Waals surface area contributed by atoms with Crippen molar-refractivity contribution in [1.29, 1.82) is 0 Å². The highest BCUT2D eigenvalue weighted by Gasteiger charge is 2.05. The van der Waals surface area contributed by atoms with Crippen LogP contribution in [-0.4, -0.2) is 61.5 Å². The van der Waals surface area contributed by atoms with E-state index < -0.39 is 0 Å². The fourth-order valence-corrected chi connectivity index (χ4v) is 2.31. The molecule has 0 aliphatic carbocycles. The zero-order chi connectivity index (χ0) is 21.0. The summed E-state index contributed by atoms with van der Waals surface area (Å²) >= 11 is 0. The Morgan fingerprint density at radius 2 is 0.767 bits per heavy atom. The number of oxime groups is 4. The van der Waals surface area contributed by atoms with Gasteiger partial charge in [0.25, 0.3) is 0 Å². The van der Waals surface area contributed by atoms with Crippen LogP contribution in [0.4, 0.5) is 0 Å². The van der Waals surface area contributed by atoms with Gasteiger partial charge in [-0.1, -0.05) is 32.8 Å². The molecule has 0 amide bonds. The predicted molar refractivity (Wildman–Crippen MR) is 110 cm³/mol. The van der Waals surface area contributed by atoms with E-state index in [1.54, 1.807) is 36.4 Å². The molecule has 0 radical (unpaired) electrons. The fourth-order valence-electron chi connectivity index (χ4n) is 2.31. The first-order valence-electron chi connectivity index (χ1n) is 9.01. The minimum Gasteiger partial charge on any atom is -0.507 e. The van der Waals surface area contributed by atoms with E-state index in [0.717, 1.165) is 0 Å². The molecule has 0 spiro atoms. The number of phenolic OH excluding ortho intramolecular Hbond substituents is 2. The number of phenols is 2. The first kappa shape index (κ1) is 20.6. The number of rotatable bonds is 0. The minimum atomic E-state index is -0.0120. The Bertz CT molecular complexity index is 812. The number of aromatic hydroxyl groups is 2. The zero-order valence-corrected chi connectivity index (χ0v) is 15.9. The lowest BCUT2D eigenvalue weighted by Gasteiger charge is -2.04. The van der Waals surface area contributed by atoms with Crippen LogP contribution in [0, 0.1) is 0 Å². The maximum Gasteiger partial charge on any atom is 0.153 e. The van der Waals surface area contributed by atoms with E-state index in [9.17, 15) is 10.2 Å². The van der Waals surface area contributed by atoms with Gasteiger partial charge in [-0.15, -0.1) is 0 Å². The molecule has 10 nitrogen and oxygen atoms in total. The summed E-state index contributed by atoms with van der Waals surface area (Å²) in [5.41, 5.74) is 1.81. The first-order chi connectivity index (χ1) is 14.8. The third kappa shape index (κ3) is 5.96. The van der Waals surface area contributed by atoms with Crippen LogP contribution in [0.15, 0.2) is 57.0 Å². The molecule has 0 unspecified atom stereocenters. The van der Waals surface area contributed by atoms with Gasteiger partial charge >= 0.3 is 0 Å². The van der Waals surface area contributed by atoms with E-state index in [0.29, 0.717) is 22.3 Å². The van der Waals surface area contributed by atoms with Crippen LogP contribution in [-0.2, 0) is 19.4 Å². The van der Waals surface area contributed by atoms with Gasteiger partial charge in [0.05, 0.1) is 24.9 Å². The molecule has 2 aromatic carbocycles. The summed E-state index contributed by atoms with van der Waals surface area (Å²) in [6, 6.07) is 10.2. The molecule has 0 atom stereocenters. The molecule has 1 heterocycles. The Labute approximate surface area is 172 Å². The van der Waals surface area contributed by atoms with Gasteiger partial charge in [-0.2, -0.15) is 0 Å².